The average molecular weight is 412 g/mol. The van der Waals surface area contributed by atoms with E-state index in [0.717, 1.165) is 19.3 Å². The number of aliphatic hydroxyl groups excluding tert-OH is 1. The van der Waals surface area contributed by atoms with Crippen LogP contribution in [0.25, 0.3) is 0 Å². The first-order valence-electron chi connectivity index (χ1n) is 10.7. The third kappa shape index (κ3) is 17.8. The highest BCUT2D eigenvalue weighted by Crippen LogP contribution is 2.44. The Balaban J connectivity index is 0. The molecule has 0 fully saturated rings. The quantitative estimate of drug-likeness (QED) is 0.156. The minimum atomic E-state index is -4.59. The van der Waals surface area contributed by atoms with Crippen molar-refractivity contribution in [1.29, 1.82) is 0 Å². The first-order valence-corrected chi connectivity index (χ1v) is 12.2. The van der Waals surface area contributed by atoms with Crippen molar-refractivity contribution in [2.75, 3.05) is 0 Å². The number of rotatable bonds is 18. The van der Waals surface area contributed by atoms with Gasteiger partial charge in [-0.1, -0.05) is 96.8 Å². The molecule has 0 spiro atoms. The molecule has 0 saturated carbocycles. The maximum Gasteiger partial charge on any atom is 0.470 e. The highest BCUT2D eigenvalue weighted by atomic mass is 31.2. The van der Waals surface area contributed by atoms with E-state index < -0.39 is 19.5 Å². The van der Waals surface area contributed by atoms with Gasteiger partial charge < -0.3 is 21.0 Å². The summed E-state index contributed by atoms with van der Waals surface area (Å²) >= 11 is 0. The first kappa shape index (κ1) is 29.2. The summed E-state index contributed by atoms with van der Waals surface area (Å²) in [7, 11) is -4.59. The third-order valence-electron chi connectivity index (χ3n) is 5.24. The normalized spacial score (nSPS) is 15.2. The average Bonchev–Trinajstić information content (AvgIpc) is 2.53. The molecule has 6 N–H and O–H groups in total. The maximum atomic E-state index is 11.1. The molecule has 0 bridgehead atoms. The summed E-state index contributed by atoms with van der Waals surface area (Å²) in [5, 5.41) is 9.77. The Morgan fingerprint density at radius 2 is 1.15 bits per heavy atom. The molecule has 0 aromatic carbocycles. The van der Waals surface area contributed by atoms with Gasteiger partial charge in [0.25, 0.3) is 0 Å². The largest absolute Gasteiger partial charge is 0.470 e. The molecule has 27 heavy (non-hydrogen) atoms. The summed E-state index contributed by atoms with van der Waals surface area (Å²) < 4.78 is 15.9. The van der Waals surface area contributed by atoms with E-state index in [-0.39, 0.29) is 6.15 Å². The van der Waals surface area contributed by atoms with Gasteiger partial charge in [0, 0.05) is 0 Å². The lowest BCUT2D eigenvalue weighted by Gasteiger charge is -2.32. The molecule has 0 aliphatic carbocycles. The summed E-state index contributed by atoms with van der Waals surface area (Å²) in [6, 6.07) is 0. The second kappa shape index (κ2) is 16.9. The van der Waals surface area contributed by atoms with Crippen molar-refractivity contribution in [2.24, 2.45) is 0 Å². The van der Waals surface area contributed by atoms with E-state index in [0.29, 0.717) is 6.42 Å². The van der Waals surface area contributed by atoms with Gasteiger partial charge in [0.1, 0.15) is 5.60 Å². The number of phosphoric ester groups is 1. The van der Waals surface area contributed by atoms with Crippen molar-refractivity contribution in [3.8, 4) is 0 Å². The summed E-state index contributed by atoms with van der Waals surface area (Å²) in [5.41, 5.74) is -1.18. The Bertz CT molecular complexity index is 375. The van der Waals surface area contributed by atoms with Crippen LogP contribution < -0.4 is 6.15 Å². The smallest absolute Gasteiger partial charge is 0.390 e. The predicted molar refractivity (Wildman–Crippen MR) is 113 cm³/mol. The van der Waals surface area contributed by atoms with Crippen LogP contribution in [0.15, 0.2) is 0 Å². The van der Waals surface area contributed by atoms with Crippen molar-refractivity contribution in [1.82, 2.24) is 6.15 Å². The molecule has 2 atom stereocenters. The van der Waals surface area contributed by atoms with Gasteiger partial charge >= 0.3 is 7.82 Å². The van der Waals surface area contributed by atoms with Gasteiger partial charge in [-0.25, -0.2) is 4.57 Å². The fourth-order valence-corrected chi connectivity index (χ4v) is 4.06. The Morgan fingerprint density at radius 3 is 1.44 bits per heavy atom. The lowest BCUT2D eigenvalue weighted by Crippen LogP contribution is -2.39. The van der Waals surface area contributed by atoms with Crippen LogP contribution in [0.3, 0.4) is 0 Å². The summed E-state index contributed by atoms with van der Waals surface area (Å²) in [4.78, 5) is 18.0. The lowest BCUT2D eigenvalue weighted by atomic mass is 9.93. The minimum absolute atomic E-state index is 0. The fourth-order valence-electron chi connectivity index (χ4n) is 3.27. The number of aliphatic hydroxyl groups is 1. The monoisotopic (exact) mass is 411 g/mol. The molecular weight excluding hydrogens is 365 g/mol. The van der Waals surface area contributed by atoms with E-state index in [2.05, 4.69) is 6.92 Å². The molecule has 0 rings (SSSR count). The van der Waals surface area contributed by atoms with E-state index in [4.69, 9.17) is 14.3 Å². The third-order valence-corrected chi connectivity index (χ3v) is 5.89. The van der Waals surface area contributed by atoms with Crippen LogP contribution >= 0.6 is 7.82 Å². The molecule has 0 aromatic heterocycles. The van der Waals surface area contributed by atoms with E-state index in [1.54, 1.807) is 6.92 Å². The van der Waals surface area contributed by atoms with E-state index in [1.165, 1.54) is 77.6 Å². The van der Waals surface area contributed by atoms with Gasteiger partial charge in [-0.05, 0) is 20.3 Å². The van der Waals surface area contributed by atoms with Crippen LogP contribution in [0.1, 0.15) is 117 Å². The summed E-state index contributed by atoms with van der Waals surface area (Å²) in [6.45, 7) is 5.33. The zero-order chi connectivity index (χ0) is 19.9. The molecule has 0 heterocycles. The second-order valence-corrected chi connectivity index (χ2v) is 9.08. The predicted octanol–water partition coefficient (Wildman–Crippen LogP) is 6.27. The molecular formula is C20H46NO5P. The van der Waals surface area contributed by atoms with E-state index in [1.807, 2.05) is 0 Å². The minimum Gasteiger partial charge on any atom is -0.390 e. The molecule has 0 radical (unpaired) electrons. The number of hydrogen-bond acceptors (Lipinski definition) is 4. The topological polar surface area (TPSA) is 122 Å². The SMILES string of the molecule is CCCCCCCCCCCCCCCCC(C)(OP(=O)(O)O)C(C)O.N. The molecule has 7 heteroatoms. The van der Waals surface area contributed by atoms with Crippen LogP contribution in [0, 0.1) is 0 Å². The Hall–Kier alpha value is 0.0300. The maximum absolute atomic E-state index is 11.1. The van der Waals surface area contributed by atoms with Gasteiger partial charge in [-0.3, -0.25) is 4.52 Å². The molecule has 166 valence electrons. The molecule has 0 aliphatic heterocycles. The lowest BCUT2D eigenvalue weighted by molar-refractivity contribution is -0.0546. The number of phosphoric acid groups is 1. The molecule has 6 nitrogen and oxygen atoms in total. The van der Waals surface area contributed by atoms with Crippen LogP contribution in [0.2, 0.25) is 0 Å². The standard InChI is InChI=1S/C20H43O5P.H3N/c1-4-5-6-7-8-9-10-11-12-13-14-15-16-17-18-20(3,19(2)21)25-26(22,23)24;/h19,21H,4-18H2,1-3H3,(H2,22,23,24);1H3. The van der Waals surface area contributed by atoms with Gasteiger partial charge in [-0.2, -0.15) is 0 Å². The van der Waals surface area contributed by atoms with Crippen LogP contribution in [0.4, 0.5) is 0 Å². The van der Waals surface area contributed by atoms with Crippen molar-refractivity contribution >= 4 is 7.82 Å². The highest BCUT2D eigenvalue weighted by Gasteiger charge is 2.37. The van der Waals surface area contributed by atoms with Gasteiger partial charge in [0.05, 0.1) is 6.10 Å². The summed E-state index contributed by atoms with van der Waals surface area (Å²) in [5.74, 6) is 0. The number of hydrogen-bond donors (Lipinski definition) is 4. The Labute approximate surface area is 167 Å². The first-order chi connectivity index (χ1) is 12.2. The zero-order valence-electron chi connectivity index (χ0n) is 18.0. The van der Waals surface area contributed by atoms with Crippen molar-refractivity contribution in [2.45, 2.75) is 129 Å². The van der Waals surface area contributed by atoms with Crippen molar-refractivity contribution in [3.05, 3.63) is 0 Å². The Morgan fingerprint density at radius 1 is 0.815 bits per heavy atom. The van der Waals surface area contributed by atoms with Gasteiger partial charge in [0.15, 0.2) is 0 Å². The van der Waals surface area contributed by atoms with E-state index in [9.17, 15) is 9.67 Å². The van der Waals surface area contributed by atoms with Crippen LogP contribution in [-0.2, 0) is 9.09 Å². The van der Waals surface area contributed by atoms with Crippen molar-refractivity contribution in [3.63, 3.8) is 0 Å². The van der Waals surface area contributed by atoms with E-state index >= 15 is 0 Å². The highest BCUT2D eigenvalue weighted by molar-refractivity contribution is 7.46. The van der Waals surface area contributed by atoms with Crippen LogP contribution in [-0.4, -0.2) is 26.6 Å². The molecule has 0 aromatic rings. The van der Waals surface area contributed by atoms with Crippen LogP contribution in [0.5, 0.6) is 0 Å². The van der Waals surface area contributed by atoms with Crippen molar-refractivity contribution < 1.29 is 24.0 Å². The molecule has 2 unspecified atom stereocenters. The van der Waals surface area contributed by atoms with Gasteiger partial charge in [-0.15, -0.1) is 0 Å². The molecule has 0 amide bonds. The molecule has 0 saturated heterocycles. The molecule has 0 aliphatic rings. The zero-order valence-corrected chi connectivity index (χ0v) is 18.9. The fraction of sp³-hybridized carbons (Fsp3) is 1.00. The second-order valence-electron chi connectivity index (χ2n) is 7.92. The Kier molecular flexibility index (Phi) is 18.3. The summed E-state index contributed by atoms with van der Waals surface area (Å²) in [6.07, 6.45) is 17.2. The number of unbranched alkanes of at least 4 members (excludes halogenated alkanes) is 13. The van der Waals surface area contributed by atoms with Gasteiger partial charge in [0.2, 0.25) is 0 Å².